The molecule has 60 valence electrons. The summed E-state index contributed by atoms with van der Waals surface area (Å²) in [6.07, 6.45) is 0. The molecule has 0 saturated heterocycles. The molecule has 0 rings (SSSR count). The van der Waals surface area contributed by atoms with Crippen LogP contribution in [0, 0.1) is 0 Å². The Kier molecular flexibility index (Phi) is 5.80. The van der Waals surface area contributed by atoms with E-state index in [-0.39, 0.29) is 6.61 Å². The number of aliphatic hydroxyl groups is 1. The molecule has 0 aliphatic rings. The van der Waals surface area contributed by atoms with Crippen LogP contribution in [0.25, 0.3) is 0 Å². The van der Waals surface area contributed by atoms with Crippen LogP contribution in [0.3, 0.4) is 0 Å². The molecule has 0 aromatic carbocycles. The molecule has 0 aromatic heterocycles. The summed E-state index contributed by atoms with van der Waals surface area (Å²) in [7, 11) is 0. The van der Waals surface area contributed by atoms with E-state index in [1.54, 1.807) is 0 Å². The summed E-state index contributed by atoms with van der Waals surface area (Å²) in [4.78, 5) is 3.84. The molecule has 0 aliphatic carbocycles. The van der Waals surface area contributed by atoms with E-state index in [9.17, 15) is 0 Å². The summed E-state index contributed by atoms with van der Waals surface area (Å²) >= 11 is 0. The van der Waals surface area contributed by atoms with Crippen LogP contribution in [0.1, 0.15) is 6.92 Å². The van der Waals surface area contributed by atoms with Gasteiger partial charge in [0, 0.05) is 13.1 Å². The molecular weight excluding hydrogens is 132 g/mol. The molecule has 0 bridgehead atoms. The Balaban J connectivity index is 3.21. The Labute approximate surface area is 60.3 Å². The molecule has 0 fully saturated rings. The maximum atomic E-state index is 8.33. The second-order valence-corrected chi connectivity index (χ2v) is 1.63. The normalized spacial score (nSPS) is 11.6. The molecule has 0 unspecified atom stereocenters. The van der Waals surface area contributed by atoms with Crippen LogP contribution in [-0.2, 0) is 0 Å². The molecule has 0 saturated carbocycles. The molecule has 0 spiro atoms. The van der Waals surface area contributed by atoms with Gasteiger partial charge >= 0.3 is 0 Å². The van der Waals surface area contributed by atoms with Crippen molar-refractivity contribution in [2.24, 2.45) is 10.7 Å². The highest BCUT2D eigenvalue weighted by Gasteiger charge is 1.85. The van der Waals surface area contributed by atoms with E-state index in [0.717, 1.165) is 0 Å². The lowest BCUT2D eigenvalue weighted by atomic mass is 10.7. The molecule has 0 aliphatic heterocycles. The third kappa shape index (κ3) is 5.33. The average molecular weight is 146 g/mol. The van der Waals surface area contributed by atoms with Crippen molar-refractivity contribution in [3.05, 3.63) is 0 Å². The number of hydrogen-bond donors (Lipinski definition) is 4. The standard InChI is InChI=1S/C5H14N4O/c1-2-7-5(6)9-8-3-4-10/h8,10H,2-4H2,1H3,(H3,6,7,9). The van der Waals surface area contributed by atoms with Crippen molar-refractivity contribution in [2.45, 2.75) is 6.92 Å². The van der Waals surface area contributed by atoms with Crippen LogP contribution in [0.2, 0.25) is 0 Å². The quantitative estimate of drug-likeness (QED) is 0.167. The topological polar surface area (TPSA) is 82.7 Å². The lowest BCUT2D eigenvalue weighted by Crippen LogP contribution is -2.43. The van der Waals surface area contributed by atoms with Crippen molar-refractivity contribution in [1.82, 2.24) is 10.9 Å². The Morgan fingerprint density at radius 3 is 2.90 bits per heavy atom. The summed E-state index contributed by atoms with van der Waals surface area (Å²) in [6, 6.07) is 0. The van der Waals surface area contributed by atoms with Gasteiger partial charge in [-0.05, 0) is 6.92 Å². The minimum absolute atomic E-state index is 0.0758. The van der Waals surface area contributed by atoms with Gasteiger partial charge in [0.2, 0.25) is 5.96 Å². The van der Waals surface area contributed by atoms with Crippen molar-refractivity contribution < 1.29 is 5.11 Å². The van der Waals surface area contributed by atoms with Crippen LogP contribution < -0.4 is 16.6 Å². The minimum Gasteiger partial charge on any atom is -0.395 e. The van der Waals surface area contributed by atoms with E-state index in [1.807, 2.05) is 6.92 Å². The monoisotopic (exact) mass is 146 g/mol. The smallest absolute Gasteiger partial charge is 0.203 e. The number of rotatable bonds is 4. The number of hydrogen-bond acceptors (Lipinski definition) is 3. The Morgan fingerprint density at radius 2 is 2.40 bits per heavy atom. The van der Waals surface area contributed by atoms with Crippen molar-refractivity contribution in [1.29, 1.82) is 0 Å². The van der Waals surface area contributed by atoms with Crippen LogP contribution in [0.4, 0.5) is 0 Å². The Bertz CT molecular complexity index is 104. The highest BCUT2D eigenvalue weighted by Crippen LogP contribution is 1.62. The minimum atomic E-state index is 0.0758. The molecule has 0 amide bonds. The highest BCUT2D eigenvalue weighted by molar-refractivity contribution is 5.77. The van der Waals surface area contributed by atoms with Crippen molar-refractivity contribution >= 4 is 5.96 Å². The van der Waals surface area contributed by atoms with E-state index in [2.05, 4.69) is 15.8 Å². The molecule has 5 heteroatoms. The van der Waals surface area contributed by atoms with Gasteiger partial charge in [0.15, 0.2) is 0 Å². The predicted molar refractivity (Wildman–Crippen MR) is 40.4 cm³/mol. The highest BCUT2D eigenvalue weighted by atomic mass is 16.3. The van der Waals surface area contributed by atoms with Crippen molar-refractivity contribution in [3.8, 4) is 0 Å². The Morgan fingerprint density at radius 1 is 1.70 bits per heavy atom. The first-order valence-corrected chi connectivity index (χ1v) is 3.21. The second kappa shape index (κ2) is 6.31. The number of aliphatic hydroxyl groups excluding tert-OH is 1. The van der Waals surface area contributed by atoms with Crippen molar-refractivity contribution in [3.63, 3.8) is 0 Å². The number of nitrogens with two attached hydrogens (primary N) is 1. The number of aliphatic imine (C=N–C) groups is 1. The van der Waals surface area contributed by atoms with Crippen LogP contribution in [0.5, 0.6) is 0 Å². The number of nitrogens with one attached hydrogen (secondary N) is 2. The van der Waals surface area contributed by atoms with Gasteiger partial charge in [-0.15, -0.1) is 0 Å². The predicted octanol–water partition coefficient (Wildman–Crippen LogP) is -1.59. The molecule has 0 heterocycles. The van der Waals surface area contributed by atoms with Crippen LogP contribution in [0.15, 0.2) is 4.99 Å². The molecule has 0 radical (unpaired) electrons. The summed E-state index contributed by atoms with van der Waals surface area (Å²) in [6.45, 7) is 3.08. The van der Waals surface area contributed by atoms with Gasteiger partial charge in [0.05, 0.1) is 6.61 Å². The van der Waals surface area contributed by atoms with Gasteiger partial charge in [-0.25, -0.2) is 5.43 Å². The third-order valence-electron chi connectivity index (χ3n) is 0.782. The lowest BCUT2D eigenvalue weighted by molar-refractivity contribution is 0.289. The van der Waals surface area contributed by atoms with E-state index in [0.29, 0.717) is 19.0 Å². The molecule has 5 N–H and O–H groups in total. The second-order valence-electron chi connectivity index (χ2n) is 1.63. The number of guanidine groups is 1. The zero-order valence-electron chi connectivity index (χ0n) is 6.09. The van der Waals surface area contributed by atoms with Gasteiger partial charge in [-0.3, -0.25) is 10.4 Å². The molecule has 0 aromatic rings. The van der Waals surface area contributed by atoms with Crippen LogP contribution in [-0.4, -0.2) is 30.8 Å². The van der Waals surface area contributed by atoms with E-state index < -0.39 is 0 Å². The number of hydrazine groups is 1. The SMILES string of the molecule is CCN=C(N)NNCCO. The van der Waals surface area contributed by atoms with E-state index in [1.165, 1.54) is 0 Å². The molecular formula is C5H14N4O. The fourth-order valence-electron chi connectivity index (χ4n) is 0.419. The van der Waals surface area contributed by atoms with Gasteiger partial charge in [-0.1, -0.05) is 0 Å². The zero-order chi connectivity index (χ0) is 7.82. The van der Waals surface area contributed by atoms with E-state index in [4.69, 9.17) is 10.8 Å². The average Bonchev–Trinajstić information content (AvgIpc) is 1.89. The third-order valence-corrected chi connectivity index (χ3v) is 0.782. The fourth-order valence-corrected chi connectivity index (χ4v) is 0.419. The first-order valence-electron chi connectivity index (χ1n) is 3.21. The summed E-state index contributed by atoms with van der Waals surface area (Å²) in [5, 5.41) is 8.33. The Hall–Kier alpha value is -0.810. The van der Waals surface area contributed by atoms with E-state index >= 15 is 0 Å². The number of nitrogens with zero attached hydrogens (tertiary/aromatic N) is 1. The zero-order valence-corrected chi connectivity index (χ0v) is 6.09. The van der Waals surface area contributed by atoms with Gasteiger partial charge in [0.1, 0.15) is 0 Å². The van der Waals surface area contributed by atoms with Gasteiger partial charge in [0.25, 0.3) is 0 Å². The van der Waals surface area contributed by atoms with Crippen molar-refractivity contribution in [2.75, 3.05) is 19.7 Å². The van der Waals surface area contributed by atoms with Gasteiger partial charge < -0.3 is 10.8 Å². The van der Waals surface area contributed by atoms with Crippen LogP contribution >= 0.6 is 0 Å². The summed E-state index contributed by atoms with van der Waals surface area (Å²) in [5.41, 5.74) is 10.6. The first-order chi connectivity index (χ1) is 4.81. The summed E-state index contributed by atoms with van der Waals surface area (Å²) in [5.74, 6) is 0.343. The summed E-state index contributed by atoms with van der Waals surface area (Å²) < 4.78 is 0. The maximum absolute atomic E-state index is 8.33. The lowest BCUT2D eigenvalue weighted by Gasteiger charge is -2.04. The molecule has 0 atom stereocenters. The molecule has 10 heavy (non-hydrogen) atoms. The maximum Gasteiger partial charge on any atom is 0.203 e. The molecule has 5 nitrogen and oxygen atoms in total. The fraction of sp³-hybridized carbons (Fsp3) is 0.800. The first kappa shape index (κ1) is 9.19. The largest absolute Gasteiger partial charge is 0.395 e. The van der Waals surface area contributed by atoms with Gasteiger partial charge in [-0.2, -0.15) is 0 Å².